The minimum absolute atomic E-state index is 0.416. The van der Waals surface area contributed by atoms with Gasteiger partial charge in [0.1, 0.15) is 12.4 Å². The number of esters is 2. The molecule has 0 aliphatic rings. The number of hydrogen-bond donors (Lipinski definition) is 1. The van der Waals surface area contributed by atoms with Crippen molar-refractivity contribution in [2.24, 2.45) is 0 Å². The number of aliphatic hydroxyl groups excluding tert-OH is 1. The number of rotatable bonds is 4. The van der Waals surface area contributed by atoms with Crippen LogP contribution in [-0.2, 0) is 9.47 Å². The van der Waals surface area contributed by atoms with Crippen LogP contribution in [0.1, 0.15) is 53.9 Å². The van der Waals surface area contributed by atoms with Crippen LogP contribution in [0.5, 0.6) is 0 Å². The van der Waals surface area contributed by atoms with Crippen molar-refractivity contribution < 1.29 is 29.0 Å². The predicted octanol–water partition coefficient (Wildman–Crippen LogP) is 3.04. The van der Waals surface area contributed by atoms with E-state index in [1.807, 2.05) is 0 Å². The lowest BCUT2D eigenvalue weighted by Crippen LogP contribution is -2.05. The van der Waals surface area contributed by atoms with E-state index in [1.165, 1.54) is 20.3 Å². The third-order valence-electron chi connectivity index (χ3n) is 3.94. The number of terminal acetylenes is 1. The van der Waals surface area contributed by atoms with Crippen molar-refractivity contribution in [3.8, 4) is 12.3 Å². The van der Waals surface area contributed by atoms with Crippen molar-refractivity contribution in [1.29, 1.82) is 0 Å². The molecule has 0 aromatic heterocycles. The van der Waals surface area contributed by atoms with Crippen LogP contribution in [0, 0.1) is 26.2 Å². The third kappa shape index (κ3) is 5.79. The first-order chi connectivity index (χ1) is 13.3. The van der Waals surface area contributed by atoms with Gasteiger partial charge in [0.2, 0.25) is 0 Å². The third-order valence-corrected chi connectivity index (χ3v) is 3.94. The zero-order valence-electron chi connectivity index (χ0n) is 16.2. The highest BCUT2D eigenvalue weighted by Crippen LogP contribution is 2.17. The maximum absolute atomic E-state index is 11.3. The van der Waals surface area contributed by atoms with Crippen LogP contribution in [0.15, 0.2) is 36.4 Å². The number of aliphatic hydroxyl groups is 1. The molecule has 0 bridgehead atoms. The Bertz CT molecular complexity index is 908. The molecule has 0 fully saturated rings. The van der Waals surface area contributed by atoms with E-state index in [9.17, 15) is 19.5 Å². The molecule has 2 aromatic carbocycles. The number of ether oxygens (including phenoxy) is 2. The van der Waals surface area contributed by atoms with Crippen LogP contribution in [0.25, 0.3) is 0 Å². The highest BCUT2D eigenvalue weighted by Gasteiger charge is 2.12. The fourth-order valence-corrected chi connectivity index (χ4v) is 2.28. The molecule has 0 aliphatic carbocycles. The Morgan fingerprint density at radius 2 is 1.50 bits per heavy atom. The molecule has 146 valence electrons. The largest absolute Gasteiger partial charge is 0.465 e. The standard InChI is InChI=1S/C12H12O3.C10H10O3/c1-4-11(13)9-6-5-8(2)10(7-9)12(14)15-3;1-7-3-4-8(6-11)5-9(7)10(12)13-2/h1,5-7,11,13H,2-3H3;3-6H,1-2H3. The van der Waals surface area contributed by atoms with Crippen LogP contribution < -0.4 is 0 Å². The average molecular weight is 382 g/mol. The molecule has 0 radical (unpaired) electrons. The molecule has 1 unspecified atom stereocenters. The van der Waals surface area contributed by atoms with E-state index in [-0.39, 0.29) is 0 Å². The molecule has 2 aromatic rings. The molecule has 1 atom stereocenters. The highest BCUT2D eigenvalue weighted by atomic mass is 16.5. The molecule has 0 amide bonds. The van der Waals surface area contributed by atoms with Crippen molar-refractivity contribution >= 4 is 18.2 Å². The smallest absolute Gasteiger partial charge is 0.338 e. The Hall–Kier alpha value is -3.43. The number of hydrogen-bond acceptors (Lipinski definition) is 6. The van der Waals surface area contributed by atoms with Gasteiger partial charge in [0.25, 0.3) is 0 Å². The average Bonchev–Trinajstić information content (AvgIpc) is 2.73. The Morgan fingerprint density at radius 1 is 1.00 bits per heavy atom. The lowest BCUT2D eigenvalue weighted by Gasteiger charge is -2.08. The normalized spacial score (nSPS) is 10.6. The van der Waals surface area contributed by atoms with E-state index in [1.54, 1.807) is 44.2 Å². The summed E-state index contributed by atoms with van der Waals surface area (Å²) in [5.74, 6) is 1.34. The number of methoxy groups -OCH3 is 2. The topological polar surface area (TPSA) is 89.9 Å². The first kappa shape index (κ1) is 22.6. The van der Waals surface area contributed by atoms with Crippen LogP contribution >= 0.6 is 0 Å². The summed E-state index contributed by atoms with van der Waals surface area (Å²) >= 11 is 0. The van der Waals surface area contributed by atoms with Crippen molar-refractivity contribution in [2.75, 3.05) is 14.2 Å². The van der Waals surface area contributed by atoms with Gasteiger partial charge in [0, 0.05) is 5.56 Å². The monoisotopic (exact) mass is 382 g/mol. The van der Waals surface area contributed by atoms with Crippen LogP contribution in [0.3, 0.4) is 0 Å². The van der Waals surface area contributed by atoms with Gasteiger partial charge >= 0.3 is 11.9 Å². The first-order valence-corrected chi connectivity index (χ1v) is 8.26. The van der Waals surface area contributed by atoms with E-state index < -0.39 is 18.0 Å². The van der Waals surface area contributed by atoms with Gasteiger partial charge in [-0.15, -0.1) is 6.42 Å². The van der Waals surface area contributed by atoms with Crippen molar-refractivity contribution in [3.63, 3.8) is 0 Å². The quantitative estimate of drug-likeness (QED) is 0.497. The molecule has 0 saturated carbocycles. The highest BCUT2D eigenvalue weighted by molar-refractivity contribution is 5.93. The van der Waals surface area contributed by atoms with Crippen LogP contribution in [-0.4, -0.2) is 37.6 Å². The summed E-state index contributed by atoms with van der Waals surface area (Å²) in [7, 11) is 2.63. The minimum Gasteiger partial charge on any atom is -0.465 e. The molecule has 2 rings (SSSR count). The summed E-state index contributed by atoms with van der Waals surface area (Å²) in [5, 5.41) is 9.41. The molecule has 0 heterocycles. The minimum atomic E-state index is -0.992. The molecule has 1 N–H and O–H groups in total. The lowest BCUT2D eigenvalue weighted by molar-refractivity contribution is 0.0590. The second kappa shape index (κ2) is 10.7. The Labute approximate surface area is 164 Å². The van der Waals surface area contributed by atoms with Gasteiger partial charge in [-0.1, -0.05) is 30.2 Å². The number of aldehydes is 1. The van der Waals surface area contributed by atoms with E-state index >= 15 is 0 Å². The van der Waals surface area contributed by atoms with Crippen LogP contribution in [0.2, 0.25) is 0 Å². The van der Waals surface area contributed by atoms with Gasteiger partial charge in [-0.05, 0) is 42.7 Å². The fraction of sp³-hybridized carbons (Fsp3) is 0.227. The van der Waals surface area contributed by atoms with Crippen molar-refractivity contribution in [1.82, 2.24) is 0 Å². The molecule has 28 heavy (non-hydrogen) atoms. The molecule has 0 spiro atoms. The van der Waals surface area contributed by atoms with Gasteiger partial charge < -0.3 is 14.6 Å². The second-order valence-corrected chi connectivity index (χ2v) is 5.82. The molecule has 6 heteroatoms. The SMILES string of the molecule is C#CC(O)c1ccc(C)c(C(=O)OC)c1.COC(=O)c1cc(C=O)ccc1C. The molecular weight excluding hydrogens is 360 g/mol. The number of benzene rings is 2. The summed E-state index contributed by atoms with van der Waals surface area (Å²) in [6.45, 7) is 3.58. The van der Waals surface area contributed by atoms with Crippen molar-refractivity contribution in [2.45, 2.75) is 20.0 Å². The van der Waals surface area contributed by atoms with Crippen molar-refractivity contribution in [3.05, 3.63) is 69.8 Å². The van der Waals surface area contributed by atoms with E-state index in [4.69, 9.17) is 6.42 Å². The summed E-state index contributed by atoms with van der Waals surface area (Å²) in [6.07, 6.45) is 4.79. The maximum atomic E-state index is 11.3. The fourth-order valence-electron chi connectivity index (χ4n) is 2.28. The first-order valence-electron chi connectivity index (χ1n) is 8.26. The molecule has 6 nitrogen and oxygen atoms in total. The number of carbonyl (C=O) groups excluding carboxylic acids is 3. The summed E-state index contributed by atoms with van der Waals surface area (Å²) < 4.78 is 9.17. The Kier molecular flexibility index (Phi) is 8.60. The molecular formula is C22H22O6. The zero-order chi connectivity index (χ0) is 21.3. The van der Waals surface area contributed by atoms with E-state index in [0.717, 1.165) is 11.1 Å². The Balaban J connectivity index is 0.000000283. The van der Waals surface area contributed by atoms with Gasteiger partial charge in [0.15, 0.2) is 0 Å². The van der Waals surface area contributed by atoms with E-state index in [0.29, 0.717) is 28.5 Å². The van der Waals surface area contributed by atoms with E-state index in [2.05, 4.69) is 15.4 Å². The summed E-state index contributed by atoms with van der Waals surface area (Å²) in [4.78, 5) is 32.9. The van der Waals surface area contributed by atoms with Gasteiger partial charge in [-0.2, -0.15) is 0 Å². The summed E-state index contributed by atoms with van der Waals surface area (Å²) in [6, 6.07) is 9.86. The molecule has 0 saturated heterocycles. The number of aryl methyl sites for hydroxylation is 2. The van der Waals surface area contributed by atoms with Crippen LogP contribution in [0.4, 0.5) is 0 Å². The zero-order valence-corrected chi connectivity index (χ0v) is 16.2. The maximum Gasteiger partial charge on any atom is 0.338 e. The van der Waals surface area contributed by atoms with Gasteiger partial charge in [-0.3, -0.25) is 4.79 Å². The molecule has 0 aliphatic heterocycles. The van der Waals surface area contributed by atoms with Gasteiger partial charge in [0.05, 0.1) is 25.3 Å². The van der Waals surface area contributed by atoms with Gasteiger partial charge in [-0.25, -0.2) is 9.59 Å². The lowest BCUT2D eigenvalue weighted by atomic mass is 10.0. The number of carbonyl (C=O) groups is 3. The summed E-state index contributed by atoms with van der Waals surface area (Å²) in [5.41, 5.74) is 3.44. The Morgan fingerprint density at radius 3 is 1.96 bits per heavy atom. The predicted molar refractivity (Wildman–Crippen MR) is 104 cm³/mol. The second-order valence-electron chi connectivity index (χ2n) is 5.82.